The molecule has 0 aliphatic heterocycles. The van der Waals surface area contributed by atoms with Crippen LogP contribution in [-0.2, 0) is 9.84 Å². The van der Waals surface area contributed by atoms with E-state index in [1.54, 1.807) is 7.05 Å². The van der Waals surface area contributed by atoms with E-state index in [1.165, 1.54) is 12.7 Å². The second kappa shape index (κ2) is 7.52. The molecule has 1 fully saturated rings. The summed E-state index contributed by atoms with van der Waals surface area (Å²) in [5.41, 5.74) is 0. The van der Waals surface area contributed by atoms with Crippen molar-refractivity contribution in [3.05, 3.63) is 0 Å². The van der Waals surface area contributed by atoms with E-state index in [1.807, 2.05) is 6.92 Å². The van der Waals surface area contributed by atoms with Gasteiger partial charge < -0.3 is 10.6 Å². The van der Waals surface area contributed by atoms with Crippen molar-refractivity contribution < 1.29 is 8.42 Å². The van der Waals surface area contributed by atoms with Crippen LogP contribution in [0.2, 0.25) is 0 Å². The van der Waals surface area contributed by atoms with Crippen molar-refractivity contribution in [1.82, 2.24) is 10.6 Å². The van der Waals surface area contributed by atoms with Crippen LogP contribution in [-0.4, -0.2) is 45.5 Å². The first-order chi connectivity index (χ1) is 7.81. The zero-order valence-corrected chi connectivity index (χ0v) is 14.6. The van der Waals surface area contributed by atoms with Crippen LogP contribution in [0.3, 0.4) is 0 Å². The number of sulfone groups is 1. The maximum absolute atomic E-state index is 11.0. The highest BCUT2D eigenvalue weighted by Gasteiger charge is 2.33. The fourth-order valence-corrected chi connectivity index (χ4v) is 2.35. The molecule has 18 heavy (non-hydrogen) atoms. The lowest BCUT2D eigenvalue weighted by Gasteiger charge is -2.17. The molecule has 1 aliphatic rings. The molecule has 0 aromatic carbocycles. The van der Waals surface area contributed by atoms with Crippen molar-refractivity contribution in [3.63, 3.8) is 0 Å². The fourth-order valence-electron chi connectivity index (χ4n) is 1.57. The Labute approximate surface area is 127 Å². The van der Waals surface area contributed by atoms with Gasteiger partial charge in [0.2, 0.25) is 0 Å². The van der Waals surface area contributed by atoms with Crippen molar-refractivity contribution >= 4 is 39.8 Å². The van der Waals surface area contributed by atoms with Crippen molar-refractivity contribution in [2.75, 3.05) is 19.1 Å². The van der Waals surface area contributed by atoms with Crippen LogP contribution in [0.5, 0.6) is 0 Å². The Morgan fingerprint density at radius 2 is 2.06 bits per heavy atom. The quantitative estimate of drug-likeness (QED) is 0.418. The van der Waals surface area contributed by atoms with Crippen LogP contribution < -0.4 is 10.6 Å². The maximum Gasteiger partial charge on any atom is 0.191 e. The summed E-state index contributed by atoms with van der Waals surface area (Å²) in [6.45, 7) is 4.16. The number of rotatable bonds is 5. The molecule has 0 aromatic rings. The van der Waals surface area contributed by atoms with Gasteiger partial charge in [-0.25, -0.2) is 8.42 Å². The molecule has 3 unspecified atom stereocenters. The Bertz CT molecular complexity index is 384. The SMILES string of the molecule is CN=C(NC(C)CCS(C)(=O)=O)NC1CC1C.I. The Kier molecular flexibility index (Phi) is 7.50. The lowest BCUT2D eigenvalue weighted by Crippen LogP contribution is -2.44. The summed E-state index contributed by atoms with van der Waals surface area (Å²) in [7, 11) is -1.15. The molecular weight excluding hydrogens is 365 g/mol. The third-order valence-corrected chi connectivity index (χ3v) is 3.94. The molecule has 0 spiro atoms. The van der Waals surface area contributed by atoms with E-state index < -0.39 is 9.84 Å². The van der Waals surface area contributed by atoms with E-state index in [2.05, 4.69) is 22.5 Å². The van der Waals surface area contributed by atoms with E-state index in [0.29, 0.717) is 18.4 Å². The number of halogens is 1. The first-order valence-corrected chi connectivity index (χ1v) is 8.05. The zero-order chi connectivity index (χ0) is 13.1. The lowest BCUT2D eigenvalue weighted by molar-refractivity contribution is 0.580. The highest BCUT2D eigenvalue weighted by molar-refractivity contribution is 14.0. The predicted octanol–water partition coefficient (Wildman–Crippen LogP) is 1.00. The molecule has 0 heterocycles. The molecule has 1 saturated carbocycles. The number of hydrogen-bond donors (Lipinski definition) is 2. The van der Waals surface area contributed by atoms with E-state index in [-0.39, 0.29) is 35.8 Å². The van der Waals surface area contributed by atoms with E-state index in [9.17, 15) is 8.42 Å². The molecule has 0 saturated heterocycles. The van der Waals surface area contributed by atoms with Gasteiger partial charge in [-0.1, -0.05) is 6.92 Å². The number of aliphatic imine (C=N–C) groups is 1. The molecule has 7 heteroatoms. The van der Waals surface area contributed by atoms with Gasteiger partial charge in [0, 0.05) is 25.4 Å². The van der Waals surface area contributed by atoms with Gasteiger partial charge in [-0.3, -0.25) is 4.99 Å². The second-order valence-electron chi connectivity index (χ2n) is 5.00. The monoisotopic (exact) mass is 389 g/mol. The topological polar surface area (TPSA) is 70.6 Å². The number of hydrogen-bond acceptors (Lipinski definition) is 3. The molecule has 1 aliphatic carbocycles. The summed E-state index contributed by atoms with van der Waals surface area (Å²) in [5, 5.41) is 6.51. The molecule has 0 radical (unpaired) electrons. The third kappa shape index (κ3) is 7.40. The Hall–Kier alpha value is -0.0500. The summed E-state index contributed by atoms with van der Waals surface area (Å²) < 4.78 is 22.1. The highest BCUT2D eigenvalue weighted by Crippen LogP contribution is 2.28. The summed E-state index contributed by atoms with van der Waals surface area (Å²) in [5.74, 6) is 1.68. The minimum absolute atomic E-state index is 0. The van der Waals surface area contributed by atoms with Gasteiger partial charge in [0.05, 0.1) is 5.75 Å². The zero-order valence-electron chi connectivity index (χ0n) is 11.4. The van der Waals surface area contributed by atoms with Gasteiger partial charge in [0.15, 0.2) is 5.96 Å². The summed E-state index contributed by atoms with van der Waals surface area (Å²) in [6.07, 6.45) is 3.04. The van der Waals surface area contributed by atoms with Crippen molar-refractivity contribution in [3.8, 4) is 0 Å². The van der Waals surface area contributed by atoms with E-state index in [0.717, 1.165) is 5.96 Å². The van der Waals surface area contributed by atoms with Crippen LogP contribution in [0.4, 0.5) is 0 Å². The fraction of sp³-hybridized carbons (Fsp3) is 0.909. The molecule has 3 atom stereocenters. The van der Waals surface area contributed by atoms with Gasteiger partial charge in [0.1, 0.15) is 9.84 Å². The lowest BCUT2D eigenvalue weighted by atomic mass is 10.3. The van der Waals surface area contributed by atoms with Crippen LogP contribution in [0.25, 0.3) is 0 Å². The van der Waals surface area contributed by atoms with Crippen molar-refractivity contribution in [1.29, 1.82) is 0 Å². The Balaban J connectivity index is 0.00000289. The van der Waals surface area contributed by atoms with Crippen molar-refractivity contribution in [2.45, 2.75) is 38.8 Å². The first-order valence-electron chi connectivity index (χ1n) is 5.99. The second-order valence-corrected chi connectivity index (χ2v) is 7.26. The molecule has 5 nitrogen and oxygen atoms in total. The predicted molar refractivity (Wildman–Crippen MR) is 86.4 cm³/mol. The van der Waals surface area contributed by atoms with Gasteiger partial charge in [0.25, 0.3) is 0 Å². The minimum Gasteiger partial charge on any atom is -0.354 e. The van der Waals surface area contributed by atoms with E-state index in [4.69, 9.17) is 0 Å². The highest BCUT2D eigenvalue weighted by atomic mass is 127. The van der Waals surface area contributed by atoms with Crippen LogP contribution in [0.15, 0.2) is 4.99 Å². The molecule has 108 valence electrons. The van der Waals surface area contributed by atoms with Crippen LogP contribution >= 0.6 is 24.0 Å². The smallest absolute Gasteiger partial charge is 0.191 e. The van der Waals surface area contributed by atoms with Crippen molar-refractivity contribution in [2.24, 2.45) is 10.9 Å². The summed E-state index contributed by atoms with van der Waals surface area (Å²) >= 11 is 0. The average molecular weight is 389 g/mol. The average Bonchev–Trinajstić information content (AvgIpc) is 2.89. The van der Waals surface area contributed by atoms with Crippen LogP contribution in [0, 0.1) is 5.92 Å². The largest absolute Gasteiger partial charge is 0.354 e. The third-order valence-electron chi connectivity index (χ3n) is 2.96. The molecule has 2 N–H and O–H groups in total. The summed E-state index contributed by atoms with van der Waals surface area (Å²) in [6, 6.07) is 0.619. The molecular formula is C11H24IN3O2S. The normalized spacial score (nSPS) is 25.0. The van der Waals surface area contributed by atoms with Gasteiger partial charge in [-0.15, -0.1) is 24.0 Å². The first kappa shape index (κ1) is 17.9. The minimum atomic E-state index is -2.88. The number of nitrogens with zero attached hydrogens (tertiary/aromatic N) is 1. The van der Waals surface area contributed by atoms with Gasteiger partial charge in [-0.2, -0.15) is 0 Å². The summed E-state index contributed by atoms with van der Waals surface area (Å²) in [4.78, 5) is 4.13. The Morgan fingerprint density at radius 1 is 1.50 bits per heavy atom. The molecule has 0 aromatic heterocycles. The molecule has 0 bridgehead atoms. The Morgan fingerprint density at radius 3 is 2.44 bits per heavy atom. The standard InChI is InChI=1S/C11H23N3O2S.HI/c1-8-7-10(8)14-11(12-3)13-9(2)5-6-17(4,15)16;/h8-10H,5-7H2,1-4H3,(H2,12,13,14);1H. The van der Waals surface area contributed by atoms with Crippen LogP contribution in [0.1, 0.15) is 26.7 Å². The molecule has 0 amide bonds. The number of nitrogens with one attached hydrogen (secondary N) is 2. The number of guanidine groups is 1. The van der Waals surface area contributed by atoms with Gasteiger partial charge in [-0.05, 0) is 25.7 Å². The molecule has 1 rings (SSSR count). The van der Waals surface area contributed by atoms with E-state index >= 15 is 0 Å². The van der Waals surface area contributed by atoms with Gasteiger partial charge >= 0.3 is 0 Å². The maximum atomic E-state index is 11.0.